The van der Waals surface area contributed by atoms with Gasteiger partial charge < -0.3 is 0 Å². The maximum absolute atomic E-state index is 15.0. The van der Waals surface area contributed by atoms with Crippen molar-refractivity contribution in [2.24, 2.45) is 0 Å². The SMILES string of the molecule is [3H]c1cccc(F)c1-c1nc2c(cc1F)c(Cl)nc(=O)n2-c1c(C)ccnc1C(C)C. The first kappa shape index (κ1) is 18.8. The first-order chi connectivity index (χ1) is 14.7. The van der Waals surface area contributed by atoms with Gasteiger partial charge in [-0.05, 0) is 42.6 Å². The molecule has 0 saturated carbocycles. The lowest BCUT2D eigenvalue weighted by molar-refractivity contribution is 0.613. The molecule has 0 aliphatic carbocycles. The average Bonchev–Trinajstić information content (AvgIpc) is 2.69. The molecule has 4 aromatic rings. The molecule has 0 radical (unpaired) electrons. The zero-order valence-corrected chi connectivity index (χ0v) is 17.1. The van der Waals surface area contributed by atoms with Crippen molar-refractivity contribution in [3.05, 3.63) is 81.1 Å². The first-order valence-electron chi connectivity index (χ1n) is 9.70. The summed E-state index contributed by atoms with van der Waals surface area (Å²) in [6.45, 7) is 5.65. The van der Waals surface area contributed by atoms with Crippen LogP contribution in [0.3, 0.4) is 0 Å². The second-order valence-electron chi connectivity index (χ2n) is 7.12. The van der Waals surface area contributed by atoms with E-state index >= 15 is 0 Å². The molecule has 0 spiro atoms. The lowest BCUT2D eigenvalue weighted by Crippen LogP contribution is -2.25. The normalized spacial score (nSPS) is 11.9. The number of halogens is 3. The van der Waals surface area contributed by atoms with Gasteiger partial charge in [-0.3, -0.25) is 4.98 Å². The Bertz CT molecular complexity index is 1380. The standard InChI is InChI=1S/C22H17ClF2N4O/c1-11(2)17-19(12(3)8-9-26-17)29-21-14(20(23)28-22(29)30)10-16(25)18(27-21)13-6-4-5-7-15(13)24/h4-11H,1-3H3/i6T. The Morgan fingerprint density at radius 2 is 1.93 bits per heavy atom. The van der Waals surface area contributed by atoms with E-state index in [9.17, 15) is 13.6 Å². The van der Waals surface area contributed by atoms with Crippen molar-refractivity contribution in [3.8, 4) is 16.9 Å². The smallest absolute Gasteiger partial charge is 0.259 e. The molecule has 152 valence electrons. The molecule has 3 aromatic heterocycles. The van der Waals surface area contributed by atoms with Gasteiger partial charge in [-0.1, -0.05) is 37.6 Å². The highest BCUT2D eigenvalue weighted by molar-refractivity contribution is 6.33. The highest BCUT2D eigenvalue weighted by atomic mass is 35.5. The largest absolute Gasteiger partial charge is 0.355 e. The summed E-state index contributed by atoms with van der Waals surface area (Å²) in [5, 5.41) is -0.134. The second kappa shape index (κ2) is 7.57. The summed E-state index contributed by atoms with van der Waals surface area (Å²) >= 11 is 6.14. The van der Waals surface area contributed by atoms with E-state index < -0.39 is 23.0 Å². The van der Waals surface area contributed by atoms with Gasteiger partial charge in [0.15, 0.2) is 5.65 Å². The molecule has 0 unspecified atom stereocenters. The van der Waals surface area contributed by atoms with Crippen LogP contribution in [0.5, 0.6) is 0 Å². The van der Waals surface area contributed by atoms with Crippen LogP contribution in [0.25, 0.3) is 28.0 Å². The van der Waals surface area contributed by atoms with Gasteiger partial charge in [0.05, 0.1) is 18.1 Å². The van der Waals surface area contributed by atoms with E-state index in [0.717, 1.165) is 17.7 Å². The van der Waals surface area contributed by atoms with Crippen LogP contribution in [0.4, 0.5) is 8.78 Å². The second-order valence-corrected chi connectivity index (χ2v) is 7.48. The maximum Gasteiger partial charge on any atom is 0.355 e. The van der Waals surface area contributed by atoms with Crippen molar-refractivity contribution in [3.63, 3.8) is 0 Å². The molecule has 0 saturated heterocycles. The van der Waals surface area contributed by atoms with Gasteiger partial charge in [0.25, 0.3) is 0 Å². The molecule has 0 fully saturated rings. The molecule has 4 rings (SSSR count). The zero-order chi connectivity index (χ0) is 22.4. The van der Waals surface area contributed by atoms with Crippen molar-refractivity contribution in [1.82, 2.24) is 19.5 Å². The number of fused-ring (bicyclic) bond motifs is 1. The number of nitrogens with zero attached hydrogens (tertiary/aromatic N) is 4. The van der Waals surface area contributed by atoms with Crippen molar-refractivity contribution in [1.29, 1.82) is 0 Å². The van der Waals surface area contributed by atoms with Crippen LogP contribution in [-0.4, -0.2) is 19.5 Å². The predicted molar refractivity (Wildman–Crippen MR) is 112 cm³/mol. The van der Waals surface area contributed by atoms with Crippen LogP contribution in [-0.2, 0) is 0 Å². The van der Waals surface area contributed by atoms with E-state index in [-0.39, 0.29) is 33.7 Å². The number of rotatable bonds is 3. The van der Waals surface area contributed by atoms with Gasteiger partial charge in [-0.15, -0.1) is 0 Å². The molecule has 3 heterocycles. The Morgan fingerprint density at radius 3 is 2.63 bits per heavy atom. The summed E-state index contributed by atoms with van der Waals surface area (Å²) in [6, 6.07) is 6.35. The molecule has 0 N–H and O–H groups in total. The monoisotopic (exact) mass is 428 g/mol. The Morgan fingerprint density at radius 1 is 1.17 bits per heavy atom. The van der Waals surface area contributed by atoms with Gasteiger partial charge in [0.2, 0.25) is 0 Å². The van der Waals surface area contributed by atoms with Crippen LogP contribution in [0.15, 0.2) is 47.4 Å². The molecule has 8 heteroatoms. The molecule has 0 aliphatic heterocycles. The van der Waals surface area contributed by atoms with Gasteiger partial charge in [-0.25, -0.2) is 23.1 Å². The van der Waals surface area contributed by atoms with Crippen LogP contribution in [0.2, 0.25) is 5.15 Å². The third kappa shape index (κ3) is 3.25. The van der Waals surface area contributed by atoms with Crippen molar-refractivity contribution >= 4 is 22.6 Å². The van der Waals surface area contributed by atoms with Crippen LogP contribution >= 0.6 is 11.6 Å². The minimum absolute atomic E-state index is 0.00190. The first-order valence-corrected chi connectivity index (χ1v) is 9.58. The Kier molecular flexibility index (Phi) is 4.75. The predicted octanol–water partition coefficient (Wildman–Crippen LogP) is 5.21. The molecular weight excluding hydrogens is 410 g/mol. The summed E-state index contributed by atoms with van der Waals surface area (Å²) in [7, 11) is 0. The van der Waals surface area contributed by atoms with E-state index in [2.05, 4.69) is 15.0 Å². The van der Waals surface area contributed by atoms with Crippen molar-refractivity contribution < 1.29 is 10.2 Å². The third-order valence-electron chi connectivity index (χ3n) is 4.74. The molecular formula is C22H17ClF2N4O. The van der Waals surface area contributed by atoms with Crippen LogP contribution < -0.4 is 5.69 Å². The van der Waals surface area contributed by atoms with Crippen LogP contribution in [0, 0.1) is 18.6 Å². The lowest BCUT2D eigenvalue weighted by Gasteiger charge is -2.18. The number of aryl methyl sites for hydroxylation is 1. The minimum Gasteiger partial charge on any atom is -0.259 e. The molecule has 5 nitrogen and oxygen atoms in total. The fraction of sp³-hybridized carbons (Fsp3) is 0.182. The van der Waals surface area contributed by atoms with E-state index in [1.54, 1.807) is 19.2 Å². The zero-order valence-electron chi connectivity index (χ0n) is 17.4. The van der Waals surface area contributed by atoms with E-state index in [1.807, 2.05) is 13.8 Å². The Labute approximate surface area is 177 Å². The summed E-state index contributed by atoms with van der Waals surface area (Å²) < 4.78 is 38.7. The van der Waals surface area contributed by atoms with E-state index in [1.165, 1.54) is 16.7 Å². The Hall–Kier alpha value is -3.19. The average molecular weight is 429 g/mol. The number of aromatic nitrogens is 4. The summed E-state index contributed by atoms with van der Waals surface area (Å²) in [5.41, 5.74) is 0.390. The minimum atomic E-state index is -0.882. The molecule has 30 heavy (non-hydrogen) atoms. The lowest BCUT2D eigenvalue weighted by atomic mass is 10.0. The van der Waals surface area contributed by atoms with E-state index in [0.29, 0.717) is 11.4 Å². The molecule has 1 aromatic carbocycles. The highest BCUT2D eigenvalue weighted by Crippen LogP contribution is 2.31. The Balaban J connectivity index is 2.18. The van der Waals surface area contributed by atoms with Crippen molar-refractivity contribution in [2.45, 2.75) is 26.7 Å². The number of hydrogen-bond acceptors (Lipinski definition) is 4. The van der Waals surface area contributed by atoms with Gasteiger partial charge in [0, 0.05) is 11.8 Å². The van der Waals surface area contributed by atoms with Crippen LogP contribution in [0.1, 0.15) is 32.4 Å². The third-order valence-corrected chi connectivity index (χ3v) is 5.03. The summed E-state index contributed by atoms with van der Waals surface area (Å²) in [4.78, 5) is 25.5. The summed E-state index contributed by atoms with van der Waals surface area (Å²) in [6.07, 6.45) is 1.63. The number of benzene rings is 1. The highest BCUT2D eigenvalue weighted by Gasteiger charge is 2.22. The van der Waals surface area contributed by atoms with Gasteiger partial charge in [-0.2, -0.15) is 4.98 Å². The quantitative estimate of drug-likeness (QED) is 0.420. The fourth-order valence-electron chi connectivity index (χ4n) is 3.35. The summed E-state index contributed by atoms with van der Waals surface area (Å²) in [5.74, 6) is -1.72. The van der Waals surface area contributed by atoms with Gasteiger partial charge >= 0.3 is 5.69 Å². The number of pyridine rings is 2. The topological polar surface area (TPSA) is 60.7 Å². The van der Waals surface area contributed by atoms with Gasteiger partial charge in [0.1, 0.15) is 22.5 Å². The molecule has 0 amide bonds. The molecule has 0 atom stereocenters. The molecule has 0 aliphatic rings. The molecule has 0 bridgehead atoms. The van der Waals surface area contributed by atoms with Crippen molar-refractivity contribution in [2.75, 3.05) is 0 Å². The van der Waals surface area contributed by atoms with E-state index in [4.69, 9.17) is 13.0 Å². The fourth-order valence-corrected chi connectivity index (χ4v) is 3.56. The number of hydrogen-bond donors (Lipinski definition) is 0. The maximum atomic E-state index is 15.0.